The van der Waals surface area contributed by atoms with Crippen molar-refractivity contribution < 1.29 is 77.1 Å². The second-order valence-corrected chi connectivity index (χ2v) is 19.9. The van der Waals surface area contributed by atoms with Crippen LogP contribution in [-0.2, 0) is 25.7 Å². The van der Waals surface area contributed by atoms with Gasteiger partial charge in [-0.1, -0.05) is 135 Å². The number of hydrogen-bond donors (Lipinski definition) is 0. The molecular formula is C54H52O4PRb. The summed E-state index contributed by atoms with van der Waals surface area (Å²) >= 11 is 0. The van der Waals surface area contributed by atoms with Gasteiger partial charge in [-0.2, -0.15) is 18.2 Å². The van der Waals surface area contributed by atoms with E-state index in [1.165, 1.54) is 75.0 Å². The van der Waals surface area contributed by atoms with Gasteiger partial charge >= 0.3 is 58.2 Å². The van der Waals surface area contributed by atoms with Crippen molar-refractivity contribution >= 4 is 23.8 Å². The summed E-state index contributed by atoms with van der Waals surface area (Å²) < 4.78 is 27.6. The summed E-state index contributed by atoms with van der Waals surface area (Å²) in [6.45, 7) is 4.30. The molecule has 6 aromatic rings. The van der Waals surface area contributed by atoms with E-state index in [1.54, 1.807) is 0 Å². The predicted octanol–water partition coefficient (Wildman–Crippen LogP) is 7.92. The molecule has 4 aliphatic heterocycles. The van der Waals surface area contributed by atoms with E-state index in [0.717, 1.165) is 61.5 Å². The molecule has 2 spiro atoms. The van der Waals surface area contributed by atoms with Crippen molar-refractivity contribution in [2.75, 3.05) is 0 Å². The number of rotatable bonds is 3. The number of aryl methyl sites for hydroxylation is 2. The van der Waals surface area contributed by atoms with Crippen LogP contribution in [0.2, 0.25) is 0 Å². The number of para-hydroxylation sites is 4. The Morgan fingerprint density at radius 2 is 0.900 bits per heavy atom. The summed E-state index contributed by atoms with van der Waals surface area (Å²) in [4.78, 5) is 0. The summed E-state index contributed by atoms with van der Waals surface area (Å²) in [6.07, 6.45) is 11.4. The Morgan fingerprint density at radius 3 is 1.43 bits per heavy atom. The van der Waals surface area contributed by atoms with Crippen LogP contribution in [0.15, 0.2) is 133 Å². The molecule has 2 saturated carbocycles. The van der Waals surface area contributed by atoms with Crippen LogP contribution in [0, 0.1) is 43.6 Å². The minimum absolute atomic E-state index is 0. The van der Waals surface area contributed by atoms with Crippen molar-refractivity contribution in [2.24, 2.45) is 23.7 Å². The van der Waals surface area contributed by atoms with E-state index in [-0.39, 0.29) is 58.2 Å². The van der Waals surface area contributed by atoms with Gasteiger partial charge in [-0.05, 0) is 105 Å². The van der Waals surface area contributed by atoms with Gasteiger partial charge in [0.05, 0.1) is 0 Å². The van der Waals surface area contributed by atoms with Crippen LogP contribution < -0.4 is 93.0 Å². The first-order valence-corrected chi connectivity index (χ1v) is 23.3. The molecule has 0 unspecified atom stereocenters. The molecule has 6 aliphatic rings. The average molecular weight is 881 g/mol. The maximum atomic E-state index is 7.29. The molecule has 0 radical (unpaired) electrons. The minimum atomic E-state index is -0.752. The smallest absolute Gasteiger partial charge is 0.478 e. The van der Waals surface area contributed by atoms with Crippen molar-refractivity contribution in [3.8, 4) is 23.0 Å². The third-order valence-corrected chi connectivity index (χ3v) is 16.7. The van der Waals surface area contributed by atoms with Crippen LogP contribution in [0.5, 0.6) is 23.0 Å². The molecule has 0 aromatic heterocycles. The molecule has 2 fully saturated rings. The molecule has 6 atom stereocenters. The fourth-order valence-electron chi connectivity index (χ4n) is 11.4. The largest absolute Gasteiger partial charge is 1.00 e. The predicted molar refractivity (Wildman–Crippen MR) is 237 cm³/mol. The molecule has 6 heteroatoms. The average Bonchev–Trinajstić information content (AvgIpc) is 3.27. The SMILES string of the molecule is Cc1cccc2c1O[C@]13Oc4[c-]cccc4C[C@H]1CCC[C@@H]3C2.Cc1cccc2c1O[C@]13Oc4c(cccc4P(c4ccccc4)c4ccccc4)C[C@H]1CCC[C@@H]3C2.[Rb+]. The van der Waals surface area contributed by atoms with Gasteiger partial charge in [-0.15, -0.1) is 11.6 Å². The number of hydrogen-bond acceptors (Lipinski definition) is 4. The molecule has 0 bridgehead atoms. The Bertz CT molecular complexity index is 2470. The summed E-state index contributed by atoms with van der Waals surface area (Å²) in [6, 6.07) is 51.2. The summed E-state index contributed by atoms with van der Waals surface area (Å²) in [5, 5.41) is 4.00. The zero-order chi connectivity index (χ0) is 39.6. The van der Waals surface area contributed by atoms with E-state index in [0.29, 0.717) is 23.7 Å². The maximum Gasteiger partial charge on any atom is 1.00 e. The topological polar surface area (TPSA) is 36.9 Å². The monoisotopic (exact) mass is 880 g/mol. The molecule has 298 valence electrons. The summed E-state index contributed by atoms with van der Waals surface area (Å²) in [5.74, 6) is 4.65. The minimum Gasteiger partial charge on any atom is -0.478 e. The Balaban J connectivity index is 0.000000156. The molecule has 4 nitrogen and oxygen atoms in total. The van der Waals surface area contributed by atoms with Gasteiger partial charge in [0.15, 0.2) is 0 Å². The zero-order valence-corrected chi connectivity index (χ0v) is 41.0. The summed E-state index contributed by atoms with van der Waals surface area (Å²) in [5.41, 5.74) is 7.72. The first-order valence-electron chi connectivity index (χ1n) is 21.9. The molecule has 6 aromatic carbocycles. The van der Waals surface area contributed by atoms with Crippen LogP contribution in [0.1, 0.15) is 71.9 Å². The second kappa shape index (κ2) is 16.8. The van der Waals surface area contributed by atoms with E-state index in [9.17, 15) is 0 Å². The Morgan fingerprint density at radius 1 is 0.467 bits per heavy atom. The van der Waals surface area contributed by atoms with Gasteiger partial charge in [0.25, 0.3) is 11.6 Å². The van der Waals surface area contributed by atoms with Gasteiger partial charge in [-0.3, -0.25) is 0 Å². The van der Waals surface area contributed by atoms with Crippen LogP contribution >= 0.6 is 7.92 Å². The molecular weight excluding hydrogens is 829 g/mol. The van der Waals surface area contributed by atoms with Gasteiger partial charge in [0.1, 0.15) is 17.2 Å². The molecule has 0 saturated heterocycles. The van der Waals surface area contributed by atoms with Crippen LogP contribution in [0.3, 0.4) is 0 Å². The molecule has 0 amide bonds. The molecule has 4 heterocycles. The van der Waals surface area contributed by atoms with E-state index in [2.05, 4.69) is 147 Å². The first kappa shape index (κ1) is 40.8. The van der Waals surface area contributed by atoms with Crippen LogP contribution in [0.4, 0.5) is 0 Å². The first-order chi connectivity index (χ1) is 29.0. The molecule has 0 N–H and O–H groups in total. The van der Waals surface area contributed by atoms with Crippen molar-refractivity contribution in [3.05, 3.63) is 173 Å². The number of benzene rings is 6. The van der Waals surface area contributed by atoms with Gasteiger partial charge < -0.3 is 18.9 Å². The normalized spacial score (nSPS) is 26.2. The zero-order valence-electron chi connectivity index (χ0n) is 35.2. The number of fused-ring (bicyclic) bond motifs is 4. The van der Waals surface area contributed by atoms with E-state index in [4.69, 9.17) is 18.9 Å². The van der Waals surface area contributed by atoms with Crippen molar-refractivity contribution in [1.82, 2.24) is 0 Å². The fraction of sp³-hybridized carbons (Fsp3) is 0.333. The fourth-order valence-corrected chi connectivity index (χ4v) is 13.9. The number of ether oxygens (including phenoxy) is 4. The van der Waals surface area contributed by atoms with Crippen molar-refractivity contribution in [1.29, 1.82) is 0 Å². The van der Waals surface area contributed by atoms with Crippen LogP contribution in [0.25, 0.3) is 0 Å². The van der Waals surface area contributed by atoms with Crippen molar-refractivity contribution in [2.45, 2.75) is 89.6 Å². The standard InChI is InChI=1S/C33H31O2P.C21H21O2.Rb/c1-23-11-8-12-24-21-26-14-10-15-27-22-25-13-9-20-30(32(25)35-33(26,27)34-31(23)24)36(28-16-4-2-5-17-28)29-18-6-3-7-19-29;1-14-6-4-8-16-13-18-10-5-9-17-12-15-7-2-3-11-19(15)22-21(17,18)23-20(14)16;/h2-9,11-13,16-20,26-27H,10,14-15,21-22H2,1H3;2-4,6-8,17-18H,5,9-10,12-13H2,1H3;/q;-1;+1/t26-,27-,33-;17-,18-,21-;/m11./s1. The van der Waals surface area contributed by atoms with E-state index in [1.807, 2.05) is 6.07 Å². The summed E-state index contributed by atoms with van der Waals surface area (Å²) in [7, 11) is -0.752. The molecule has 2 aliphatic carbocycles. The third-order valence-electron chi connectivity index (χ3n) is 14.2. The quantitative estimate of drug-likeness (QED) is 0.134. The second-order valence-electron chi connectivity index (χ2n) is 17.7. The Hall–Kier alpha value is -3.24. The Labute approximate surface area is 406 Å². The Kier molecular flexibility index (Phi) is 11.4. The van der Waals surface area contributed by atoms with Gasteiger partial charge in [0, 0.05) is 34.7 Å². The molecule has 12 rings (SSSR count). The molecule has 60 heavy (non-hydrogen) atoms. The van der Waals surface area contributed by atoms with Gasteiger partial charge in [-0.25, -0.2) is 0 Å². The third kappa shape index (κ3) is 7.06. The van der Waals surface area contributed by atoms with E-state index >= 15 is 0 Å². The van der Waals surface area contributed by atoms with Crippen LogP contribution in [-0.4, -0.2) is 11.6 Å². The van der Waals surface area contributed by atoms with Gasteiger partial charge in [0.2, 0.25) is 0 Å². The van der Waals surface area contributed by atoms with Crippen molar-refractivity contribution in [3.63, 3.8) is 0 Å². The van der Waals surface area contributed by atoms with E-state index < -0.39 is 19.5 Å². The maximum absolute atomic E-state index is 7.29.